The molecule has 1 aromatic carbocycles. The molecule has 164 valence electrons. The van der Waals surface area contributed by atoms with E-state index in [-0.39, 0.29) is 6.04 Å². The first-order valence-electron chi connectivity index (χ1n) is 10.2. The first-order chi connectivity index (χ1) is 14.6. The number of ether oxygens (including phenoxy) is 3. The molecular formula is C20H30N6O4. The van der Waals surface area contributed by atoms with Crippen LogP contribution in [-0.4, -0.2) is 75.8 Å². The number of methoxy groups -OCH3 is 3. The maximum atomic E-state index is 5.53. The molecule has 2 unspecified atom stereocenters. The van der Waals surface area contributed by atoms with Crippen LogP contribution in [0.1, 0.15) is 17.3 Å². The fourth-order valence-corrected chi connectivity index (χ4v) is 4.33. The number of nitrogens with one attached hydrogen (secondary N) is 2. The van der Waals surface area contributed by atoms with Gasteiger partial charge in [-0.2, -0.15) is 0 Å². The Balaban J connectivity index is 1.43. The third-order valence-electron chi connectivity index (χ3n) is 5.93. The van der Waals surface area contributed by atoms with E-state index in [4.69, 9.17) is 18.8 Å². The van der Waals surface area contributed by atoms with Gasteiger partial charge in [-0.05, 0) is 29.8 Å². The van der Waals surface area contributed by atoms with E-state index < -0.39 is 0 Å². The van der Waals surface area contributed by atoms with Crippen LogP contribution in [0.3, 0.4) is 0 Å². The number of aromatic nitrogens is 2. The Morgan fingerprint density at radius 3 is 2.30 bits per heavy atom. The molecule has 10 heteroatoms. The summed E-state index contributed by atoms with van der Waals surface area (Å²) in [5.74, 6) is 3.22. The molecular weight excluding hydrogens is 388 g/mol. The first kappa shape index (κ1) is 20.7. The van der Waals surface area contributed by atoms with Crippen molar-refractivity contribution < 1.29 is 18.8 Å². The predicted octanol–water partition coefficient (Wildman–Crippen LogP) is 0.991. The SMILES string of the molecule is COc1cc(C2NNCC2CN2CCN(c3nonc3C)CC2)cc(OC)c1OC. The van der Waals surface area contributed by atoms with E-state index in [0.717, 1.165) is 56.3 Å². The number of piperazine rings is 1. The lowest BCUT2D eigenvalue weighted by atomic mass is 9.93. The second kappa shape index (κ2) is 9.07. The summed E-state index contributed by atoms with van der Waals surface area (Å²) in [6.07, 6.45) is 0. The summed E-state index contributed by atoms with van der Waals surface area (Å²) < 4.78 is 21.4. The van der Waals surface area contributed by atoms with Gasteiger partial charge in [0.05, 0.1) is 27.4 Å². The van der Waals surface area contributed by atoms with Crippen LogP contribution in [0.5, 0.6) is 17.2 Å². The third kappa shape index (κ3) is 4.03. The fourth-order valence-electron chi connectivity index (χ4n) is 4.33. The van der Waals surface area contributed by atoms with Gasteiger partial charge >= 0.3 is 0 Å². The largest absolute Gasteiger partial charge is 0.493 e. The van der Waals surface area contributed by atoms with Crippen molar-refractivity contribution in [2.24, 2.45) is 5.92 Å². The number of hydrazine groups is 1. The lowest BCUT2D eigenvalue weighted by molar-refractivity contribution is 0.213. The van der Waals surface area contributed by atoms with Crippen molar-refractivity contribution in [1.29, 1.82) is 0 Å². The van der Waals surface area contributed by atoms with Crippen molar-refractivity contribution in [3.05, 3.63) is 23.4 Å². The highest BCUT2D eigenvalue weighted by atomic mass is 16.6. The molecule has 0 aliphatic carbocycles. The van der Waals surface area contributed by atoms with Crippen molar-refractivity contribution in [1.82, 2.24) is 26.1 Å². The molecule has 2 atom stereocenters. The molecule has 1 aromatic heterocycles. The molecule has 4 rings (SSSR count). The van der Waals surface area contributed by atoms with Crippen LogP contribution in [-0.2, 0) is 0 Å². The molecule has 2 N–H and O–H groups in total. The zero-order chi connectivity index (χ0) is 21.1. The summed E-state index contributed by atoms with van der Waals surface area (Å²) in [5, 5.41) is 7.92. The fraction of sp³-hybridized carbons (Fsp3) is 0.600. The maximum absolute atomic E-state index is 5.53. The lowest BCUT2D eigenvalue weighted by Crippen LogP contribution is -2.48. The van der Waals surface area contributed by atoms with Gasteiger partial charge < -0.3 is 19.1 Å². The maximum Gasteiger partial charge on any atom is 0.203 e. The predicted molar refractivity (Wildman–Crippen MR) is 111 cm³/mol. The van der Waals surface area contributed by atoms with Crippen LogP contribution in [0.4, 0.5) is 5.82 Å². The standard InChI is InChI=1S/C20H30N6O4/c1-13-20(24-30-23-13)26-7-5-25(6-8-26)12-15-11-21-22-18(15)14-9-16(27-2)19(29-4)17(10-14)28-3/h9-10,15,18,21-22H,5-8,11-12H2,1-4H3. The Kier molecular flexibility index (Phi) is 6.26. The summed E-state index contributed by atoms with van der Waals surface area (Å²) in [6.45, 7) is 7.60. The summed E-state index contributed by atoms with van der Waals surface area (Å²) in [6, 6.07) is 4.20. The monoisotopic (exact) mass is 418 g/mol. The van der Waals surface area contributed by atoms with Gasteiger partial charge in [0.15, 0.2) is 17.3 Å². The molecule has 2 aromatic rings. The minimum Gasteiger partial charge on any atom is -0.493 e. The second-order valence-electron chi connectivity index (χ2n) is 7.68. The lowest BCUT2D eigenvalue weighted by Gasteiger charge is -2.36. The normalized spacial score (nSPS) is 22.3. The summed E-state index contributed by atoms with van der Waals surface area (Å²) in [4.78, 5) is 4.74. The van der Waals surface area contributed by atoms with E-state index >= 15 is 0 Å². The van der Waals surface area contributed by atoms with E-state index in [1.807, 2.05) is 19.1 Å². The molecule has 2 saturated heterocycles. The Bertz CT molecular complexity index is 827. The molecule has 0 bridgehead atoms. The Hall–Kier alpha value is -2.56. The first-order valence-corrected chi connectivity index (χ1v) is 10.2. The molecule has 0 saturated carbocycles. The Morgan fingerprint density at radius 2 is 1.73 bits per heavy atom. The van der Waals surface area contributed by atoms with E-state index in [0.29, 0.717) is 23.2 Å². The number of nitrogens with zero attached hydrogens (tertiary/aromatic N) is 4. The van der Waals surface area contributed by atoms with Gasteiger partial charge in [0.1, 0.15) is 5.69 Å². The van der Waals surface area contributed by atoms with E-state index in [1.54, 1.807) is 21.3 Å². The molecule has 2 aliphatic rings. The highest BCUT2D eigenvalue weighted by Gasteiger charge is 2.32. The van der Waals surface area contributed by atoms with E-state index in [1.165, 1.54) is 0 Å². The zero-order valence-electron chi connectivity index (χ0n) is 18.0. The van der Waals surface area contributed by atoms with Gasteiger partial charge in [-0.3, -0.25) is 10.3 Å². The molecule has 2 aliphatic heterocycles. The van der Waals surface area contributed by atoms with Crippen molar-refractivity contribution >= 4 is 5.82 Å². The average molecular weight is 418 g/mol. The van der Waals surface area contributed by atoms with Gasteiger partial charge in [-0.25, -0.2) is 10.1 Å². The quantitative estimate of drug-likeness (QED) is 0.677. The molecule has 3 heterocycles. The van der Waals surface area contributed by atoms with Crippen LogP contribution < -0.4 is 30.0 Å². The highest BCUT2D eigenvalue weighted by molar-refractivity contribution is 5.54. The molecule has 2 fully saturated rings. The number of aryl methyl sites for hydroxylation is 1. The van der Waals surface area contributed by atoms with Gasteiger partial charge in [0.2, 0.25) is 5.75 Å². The van der Waals surface area contributed by atoms with E-state index in [9.17, 15) is 0 Å². The van der Waals surface area contributed by atoms with Gasteiger partial charge in [-0.1, -0.05) is 5.16 Å². The van der Waals surface area contributed by atoms with Crippen molar-refractivity contribution in [3.8, 4) is 17.2 Å². The van der Waals surface area contributed by atoms with Crippen molar-refractivity contribution in [3.63, 3.8) is 0 Å². The zero-order valence-corrected chi connectivity index (χ0v) is 18.0. The number of rotatable bonds is 7. The third-order valence-corrected chi connectivity index (χ3v) is 5.93. The molecule has 0 spiro atoms. The smallest absolute Gasteiger partial charge is 0.203 e. The summed E-state index contributed by atoms with van der Waals surface area (Å²) >= 11 is 0. The van der Waals surface area contributed by atoms with Crippen LogP contribution in [0.2, 0.25) is 0 Å². The number of anilines is 1. The van der Waals surface area contributed by atoms with E-state index in [2.05, 4.69) is 31.0 Å². The van der Waals surface area contributed by atoms with Gasteiger partial charge in [0.25, 0.3) is 0 Å². The van der Waals surface area contributed by atoms with Crippen LogP contribution >= 0.6 is 0 Å². The van der Waals surface area contributed by atoms with Gasteiger partial charge in [0, 0.05) is 45.2 Å². The second-order valence-corrected chi connectivity index (χ2v) is 7.68. The molecule has 30 heavy (non-hydrogen) atoms. The average Bonchev–Trinajstić information content (AvgIpc) is 3.42. The minimum absolute atomic E-state index is 0.152. The summed E-state index contributed by atoms with van der Waals surface area (Å²) in [7, 11) is 4.91. The molecule has 0 amide bonds. The van der Waals surface area contributed by atoms with Crippen molar-refractivity contribution in [2.45, 2.75) is 13.0 Å². The van der Waals surface area contributed by atoms with Crippen LogP contribution in [0.25, 0.3) is 0 Å². The summed E-state index contributed by atoms with van der Waals surface area (Å²) in [5.41, 5.74) is 8.70. The van der Waals surface area contributed by atoms with Crippen molar-refractivity contribution in [2.75, 3.05) is 65.5 Å². The van der Waals surface area contributed by atoms with Crippen LogP contribution in [0.15, 0.2) is 16.8 Å². The molecule has 10 nitrogen and oxygen atoms in total. The van der Waals surface area contributed by atoms with Crippen LogP contribution in [0, 0.1) is 12.8 Å². The number of hydrogen-bond donors (Lipinski definition) is 2. The molecule has 0 radical (unpaired) electrons. The minimum atomic E-state index is 0.152. The topological polar surface area (TPSA) is 97.2 Å². The number of hydrogen-bond acceptors (Lipinski definition) is 10. The Morgan fingerprint density at radius 1 is 1.03 bits per heavy atom. The highest BCUT2D eigenvalue weighted by Crippen LogP contribution is 2.41. The number of benzene rings is 1. The van der Waals surface area contributed by atoms with Gasteiger partial charge in [-0.15, -0.1) is 0 Å². The Labute approximate surface area is 176 Å².